The van der Waals surface area contributed by atoms with Crippen LogP contribution in [0.2, 0.25) is 0 Å². The summed E-state index contributed by atoms with van der Waals surface area (Å²) in [4.78, 5) is 133. The number of aliphatic hydroxyl groups is 1. The van der Waals surface area contributed by atoms with Crippen molar-refractivity contribution in [2.75, 3.05) is 39.5 Å². The molecule has 3 rings (SSSR count). The Morgan fingerprint density at radius 2 is 0.720 bits per heavy atom. The smallest absolute Gasteiger partial charge is 0.332 e. The van der Waals surface area contributed by atoms with Gasteiger partial charge in [-0.2, -0.15) is 0 Å². The summed E-state index contributed by atoms with van der Waals surface area (Å²) in [6, 6.07) is -1.15. The van der Waals surface area contributed by atoms with E-state index in [1.807, 2.05) is 0 Å². The average molecular weight is 1160 g/mol. The number of benzene rings is 3. The average Bonchev–Trinajstić information content (AvgIpc) is 3.49. The lowest BCUT2D eigenvalue weighted by Crippen LogP contribution is -2.56. The molecular weight excluding hydrogens is 1090 g/mol. The van der Waals surface area contributed by atoms with E-state index in [0.717, 1.165) is 36.4 Å². The van der Waals surface area contributed by atoms with Gasteiger partial charge in [0, 0.05) is 19.6 Å². The zero-order valence-electron chi connectivity index (χ0n) is 43.5. The maximum Gasteiger partial charge on any atom is 0.332 e. The number of hydrogen-bond acceptors (Lipinski definition) is 21. The van der Waals surface area contributed by atoms with Crippen LogP contribution in [0.25, 0.3) is 0 Å². The minimum Gasteiger partial charge on any atom is -0.504 e. The van der Waals surface area contributed by atoms with Gasteiger partial charge in [0.05, 0.1) is 23.3 Å². The monoisotopic (exact) mass is 1160 g/mol. The van der Waals surface area contributed by atoms with Crippen LogP contribution in [0.3, 0.4) is 0 Å². The highest BCUT2D eigenvalue weighted by molar-refractivity contribution is 6.02. The van der Waals surface area contributed by atoms with Gasteiger partial charge in [-0.1, -0.05) is 18.2 Å². The molecule has 3 aromatic rings. The van der Waals surface area contributed by atoms with Gasteiger partial charge >= 0.3 is 17.9 Å². The van der Waals surface area contributed by atoms with Crippen molar-refractivity contribution in [3.63, 3.8) is 0 Å². The Labute approximate surface area is 465 Å². The van der Waals surface area contributed by atoms with Gasteiger partial charge in [0.25, 0.3) is 17.7 Å². The number of carbonyl (C=O) groups excluding carboxylic acids is 8. The third-order valence-electron chi connectivity index (χ3n) is 11.3. The third kappa shape index (κ3) is 21.0. The number of aliphatic imine (C=N–C) groups is 3. The molecule has 0 aliphatic heterocycles. The number of nitrogens with one attached hydrogen (secondary N) is 6. The van der Waals surface area contributed by atoms with Crippen molar-refractivity contribution in [3.05, 3.63) is 71.3 Å². The van der Waals surface area contributed by atoms with Crippen LogP contribution in [-0.4, -0.2) is 188 Å². The van der Waals surface area contributed by atoms with E-state index in [1.54, 1.807) is 0 Å². The number of aliphatic hydroxyl groups excluding tert-OH is 1. The molecule has 6 amide bonds. The largest absolute Gasteiger partial charge is 0.504 e. The molecule has 0 unspecified atom stereocenters. The Balaban J connectivity index is 1.97. The Morgan fingerprint density at radius 1 is 0.427 bits per heavy atom. The molecule has 0 fully saturated rings. The quantitative estimate of drug-likeness (QED) is 0.00911. The number of hydrogen-bond donors (Lipinski definition) is 20. The second kappa shape index (κ2) is 32.4. The number of nitrogens with zero attached hydrogens (tertiary/aromatic N) is 3. The molecule has 0 radical (unpaired) electrons. The van der Waals surface area contributed by atoms with Crippen molar-refractivity contribution in [2.24, 2.45) is 49.4 Å². The van der Waals surface area contributed by atoms with E-state index in [4.69, 9.17) is 43.9 Å². The fourth-order valence-corrected chi connectivity index (χ4v) is 7.04. The van der Waals surface area contributed by atoms with Crippen LogP contribution in [0.1, 0.15) is 69.6 Å². The molecule has 6 atom stereocenters. The minimum absolute atomic E-state index is 0.00966. The normalized spacial score (nSPS) is 12.8. The Bertz CT molecular complexity index is 2880. The van der Waals surface area contributed by atoms with Gasteiger partial charge in [-0.15, -0.1) is 0 Å². The highest BCUT2D eigenvalue weighted by atomic mass is 16.6. The lowest BCUT2D eigenvalue weighted by molar-refractivity contribution is -0.158. The molecule has 0 heterocycles. The first-order valence-electron chi connectivity index (χ1n) is 24.5. The van der Waals surface area contributed by atoms with Crippen LogP contribution < -0.4 is 66.3 Å². The first-order chi connectivity index (χ1) is 38.7. The van der Waals surface area contributed by atoms with E-state index in [9.17, 15) is 84.0 Å². The Kier molecular flexibility index (Phi) is 26.0. The van der Waals surface area contributed by atoms with E-state index in [-0.39, 0.29) is 76.0 Å². The number of esters is 2. The molecule has 34 heteroatoms. The zero-order valence-corrected chi connectivity index (χ0v) is 43.5. The van der Waals surface area contributed by atoms with Gasteiger partial charge in [-0.25, -0.2) is 14.4 Å². The van der Waals surface area contributed by atoms with E-state index in [2.05, 4.69) is 46.9 Å². The third-order valence-corrected chi connectivity index (χ3v) is 11.3. The number of phenolic OH excluding ortho intramolecular Hbond substituents is 6. The number of guanidine groups is 3. The molecule has 34 nitrogen and oxygen atoms in total. The predicted molar refractivity (Wildman–Crippen MR) is 285 cm³/mol. The Morgan fingerprint density at radius 3 is 1.02 bits per heavy atom. The van der Waals surface area contributed by atoms with Crippen molar-refractivity contribution in [3.8, 4) is 34.5 Å². The summed E-state index contributed by atoms with van der Waals surface area (Å²) < 4.78 is 10.5. The Hall–Kier alpha value is -10.5. The van der Waals surface area contributed by atoms with E-state index in [0.29, 0.717) is 0 Å². The van der Waals surface area contributed by atoms with Gasteiger partial charge in [0.15, 0.2) is 70.5 Å². The molecule has 0 bridgehead atoms. The molecule has 0 aromatic heterocycles. The number of phenols is 6. The van der Waals surface area contributed by atoms with Crippen LogP contribution >= 0.6 is 0 Å². The summed E-state index contributed by atoms with van der Waals surface area (Å²) in [5, 5.41) is 94.6. The molecule has 0 aliphatic carbocycles. The van der Waals surface area contributed by atoms with Crippen molar-refractivity contribution in [1.82, 2.24) is 31.9 Å². The second-order valence-electron chi connectivity index (χ2n) is 17.4. The van der Waals surface area contributed by atoms with Gasteiger partial charge in [-0.3, -0.25) is 43.7 Å². The summed E-state index contributed by atoms with van der Waals surface area (Å²) in [5.41, 5.74) is 30.8. The summed E-state index contributed by atoms with van der Waals surface area (Å²) in [7, 11) is 0. The summed E-state index contributed by atoms with van der Waals surface area (Å²) >= 11 is 0. The first-order valence-corrected chi connectivity index (χ1v) is 24.5. The zero-order chi connectivity index (χ0) is 61.2. The second-order valence-corrected chi connectivity index (χ2v) is 17.4. The molecule has 0 saturated heterocycles. The number of para-hydroxylation sites is 3. The number of carbonyl (C=O) groups is 9. The first kappa shape index (κ1) is 65.7. The van der Waals surface area contributed by atoms with Crippen molar-refractivity contribution in [1.29, 1.82) is 0 Å². The molecule has 0 spiro atoms. The highest BCUT2D eigenvalue weighted by Gasteiger charge is 2.35. The molecule has 82 heavy (non-hydrogen) atoms. The van der Waals surface area contributed by atoms with E-state index < -0.39 is 161 Å². The van der Waals surface area contributed by atoms with Gasteiger partial charge in [0.1, 0.15) is 31.3 Å². The van der Waals surface area contributed by atoms with Crippen LogP contribution in [0.4, 0.5) is 0 Å². The SMILES string of the molecule is NC(N)=NCCC[C@H](NC(=O)c1cccc(O)c1O)C(=O)N[C@@H](COC(=O)[C@H](COC(=O)[C@H](CO)NC(=O)[C@H](CCCN=C(N)N)NC(=O)c1cccc(O)c1O)NC(=O)[C@H](CCCN=C(N)N)NC(=O)c1cccc(O)c1O)C(=O)O. The number of nitrogens with two attached hydrogens (primary N) is 6. The summed E-state index contributed by atoms with van der Waals surface area (Å²) in [6.07, 6.45) is -0.900. The van der Waals surface area contributed by atoms with Crippen LogP contribution in [0.15, 0.2) is 69.6 Å². The van der Waals surface area contributed by atoms with Crippen LogP contribution in [0, 0.1) is 0 Å². The molecule has 446 valence electrons. The van der Waals surface area contributed by atoms with Crippen LogP contribution in [-0.2, 0) is 38.2 Å². The summed E-state index contributed by atoms with van der Waals surface area (Å²) in [6.45, 7) is -4.02. The fourth-order valence-electron chi connectivity index (χ4n) is 7.04. The standard InChI is InChI=1S/C48H65N15O19/c49-46(50)55-16-4-10-25(58-37(71)22-7-1-13-31(65)34(22)68)40(74)61-28(19-64)44(79)82-21-30(63-42(76)27(12-6-18-57-48(53)54)60-39(73)24-9-3-15-33(67)36(24)70)45(80)81-20-29(43(77)78)62-41(75)26(11-5-17-56-47(51)52)59-38(72)23-8-2-14-32(66)35(23)69/h1-3,7-9,13-15,25-30,64-70H,4-6,10-12,16-21H2,(H,58,71)(H,59,72)(H,60,73)(H,61,74)(H,62,75)(H,63,76)(H,77,78)(H4,49,50,55)(H4,51,52,56)(H4,53,54,57)/t25-,26-,27-,28-,29-,30-/m0/s1. The predicted octanol–water partition coefficient (Wildman–Crippen LogP) is -5.61. The number of ether oxygens (including phenoxy) is 2. The fraction of sp³-hybridized carbons (Fsp3) is 0.375. The molecule has 0 aliphatic rings. The molecule has 0 saturated carbocycles. The lowest BCUT2D eigenvalue weighted by Gasteiger charge is -2.25. The molecule has 26 N–H and O–H groups in total. The van der Waals surface area contributed by atoms with Crippen molar-refractivity contribution >= 4 is 71.2 Å². The van der Waals surface area contributed by atoms with Crippen molar-refractivity contribution in [2.45, 2.75) is 74.8 Å². The van der Waals surface area contributed by atoms with E-state index >= 15 is 0 Å². The number of rotatable bonds is 32. The maximum absolute atomic E-state index is 14.1. The number of carboxylic acid groups (broad SMARTS) is 1. The highest BCUT2D eigenvalue weighted by Crippen LogP contribution is 2.30. The summed E-state index contributed by atoms with van der Waals surface area (Å²) in [5.74, 6) is -17.5. The van der Waals surface area contributed by atoms with Crippen LogP contribution in [0.5, 0.6) is 34.5 Å². The number of aromatic hydroxyl groups is 6. The molecular formula is C48H65N15O19. The topological polar surface area (TPSA) is 599 Å². The lowest BCUT2D eigenvalue weighted by atomic mass is 10.1. The van der Waals surface area contributed by atoms with Gasteiger partial charge in [0.2, 0.25) is 17.7 Å². The van der Waals surface area contributed by atoms with Gasteiger partial charge in [-0.05, 0) is 74.9 Å². The maximum atomic E-state index is 14.1. The van der Waals surface area contributed by atoms with Gasteiger partial charge < -0.3 is 117 Å². The minimum atomic E-state index is -2.20. The van der Waals surface area contributed by atoms with E-state index in [1.165, 1.54) is 18.2 Å². The van der Waals surface area contributed by atoms with Crippen molar-refractivity contribution < 1.29 is 93.5 Å². The molecule has 3 aromatic carbocycles. The number of aliphatic carboxylic acids is 1. The number of amides is 6. The number of carboxylic acids is 1.